The van der Waals surface area contributed by atoms with Gasteiger partial charge in [-0.05, 0) is 164 Å². The van der Waals surface area contributed by atoms with Crippen LogP contribution in [0.15, 0.2) is 291 Å². The molecule has 4 aromatic heterocycles. The highest BCUT2D eigenvalue weighted by Crippen LogP contribution is 2.54. The summed E-state index contributed by atoms with van der Waals surface area (Å²) >= 11 is 3.81. The van der Waals surface area contributed by atoms with E-state index >= 15 is 0 Å². The summed E-state index contributed by atoms with van der Waals surface area (Å²) in [4.78, 5) is 5.34. The van der Waals surface area contributed by atoms with E-state index in [1.54, 1.807) is 0 Å². The number of allylic oxidation sites excluding steroid dienone is 3. The number of benzene rings is 13. The van der Waals surface area contributed by atoms with Gasteiger partial charge in [0.25, 0.3) is 6.71 Å². The van der Waals surface area contributed by atoms with Crippen LogP contribution < -0.4 is 26.2 Å². The van der Waals surface area contributed by atoms with Crippen LogP contribution in [0.5, 0.6) is 0 Å². The van der Waals surface area contributed by atoms with Crippen LogP contribution in [-0.4, -0.2) is 15.8 Å². The molecule has 103 heavy (non-hydrogen) atoms. The van der Waals surface area contributed by atoms with E-state index in [4.69, 9.17) is 0 Å². The van der Waals surface area contributed by atoms with Crippen LogP contribution in [0.4, 0.5) is 34.1 Å². The van der Waals surface area contributed by atoms with Gasteiger partial charge in [-0.1, -0.05) is 230 Å². The molecule has 17 aromatic rings. The van der Waals surface area contributed by atoms with Crippen molar-refractivity contribution < 1.29 is 0 Å². The fourth-order valence-corrected chi connectivity index (χ4v) is 19.6. The van der Waals surface area contributed by atoms with Crippen molar-refractivity contribution in [3.8, 4) is 50.8 Å². The van der Waals surface area contributed by atoms with Gasteiger partial charge < -0.3 is 18.9 Å². The molecule has 0 unspecified atom stereocenters. The number of nitrogens with zero attached hydrogens (tertiary/aromatic N) is 5. The number of nitriles is 1. The molecule has 0 spiro atoms. The van der Waals surface area contributed by atoms with E-state index in [-0.39, 0.29) is 17.5 Å². The third-order valence-corrected chi connectivity index (χ3v) is 24.5. The predicted octanol–water partition coefficient (Wildman–Crippen LogP) is 24.6. The first-order chi connectivity index (χ1) is 50.3. The summed E-state index contributed by atoms with van der Waals surface area (Å²) in [6.07, 6.45) is 7.88. The standard InChI is InChI=1S/C95H70BN5S2/c1-94(2,3)62-40-46-81(72(53-62)59-25-9-7-10-26-59)100-83-55-64(98-77-35-19-14-29-67(77)68-30-15-20-36-78(68)98)42-44-75(83)96-76-45-43-65(99-79-37-21-16-31-69(79)74-50-58(57-97)24-13-18-38-80(74)99)56-84(76)101(82-47-41-63(95(4,5)6)54-73(82)60-27-11-8-12-28-60)86-52-61(51-85(100)92(86)96)66-33-23-34-71-91-89(103-93(66)71)49-48-88-90(91)70-32-17-22-39-87(70)102-88/h7-23,25-37,39-56H,24,38H2,1-6H3/b18-13-,58-50+. The normalized spacial score (nSPS) is 14.4. The summed E-state index contributed by atoms with van der Waals surface area (Å²) in [7, 11) is 0. The highest BCUT2D eigenvalue weighted by molar-refractivity contribution is 7.28. The van der Waals surface area contributed by atoms with Crippen LogP contribution in [0, 0.1) is 11.3 Å². The third-order valence-electron chi connectivity index (χ3n) is 22.1. The summed E-state index contributed by atoms with van der Waals surface area (Å²) in [5.74, 6) is 0. The Balaban J connectivity index is 0.953. The lowest BCUT2D eigenvalue weighted by molar-refractivity contribution is 0.590. The van der Waals surface area contributed by atoms with E-state index in [1.807, 2.05) is 22.7 Å². The Hall–Kier alpha value is -11.7. The van der Waals surface area contributed by atoms with Gasteiger partial charge in [0.1, 0.15) is 0 Å². The summed E-state index contributed by atoms with van der Waals surface area (Å²) in [5.41, 5.74) is 28.2. The van der Waals surface area contributed by atoms with Crippen molar-refractivity contribution in [2.75, 3.05) is 9.80 Å². The van der Waals surface area contributed by atoms with Crippen molar-refractivity contribution >= 4 is 159 Å². The van der Waals surface area contributed by atoms with Gasteiger partial charge in [0, 0.05) is 131 Å². The summed E-state index contributed by atoms with van der Waals surface area (Å²) in [5, 5.41) is 19.4. The number of hydrogen-bond acceptors (Lipinski definition) is 5. The lowest BCUT2D eigenvalue weighted by Gasteiger charge is -2.45. The van der Waals surface area contributed by atoms with Gasteiger partial charge in [-0.3, -0.25) is 0 Å². The molecule has 0 saturated carbocycles. The van der Waals surface area contributed by atoms with Crippen LogP contribution in [0.3, 0.4) is 0 Å². The van der Waals surface area contributed by atoms with E-state index < -0.39 is 0 Å². The largest absolute Gasteiger partial charge is 0.313 e. The number of hydrogen-bond donors (Lipinski definition) is 0. The van der Waals surface area contributed by atoms with Gasteiger partial charge in [-0.25, -0.2) is 0 Å². The highest BCUT2D eigenvalue weighted by Gasteiger charge is 2.45. The van der Waals surface area contributed by atoms with Gasteiger partial charge in [0.2, 0.25) is 0 Å². The molecule has 0 atom stereocenters. The number of aromatic nitrogens is 2. The van der Waals surface area contributed by atoms with Crippen LogP contribution in [0.25, 0.3) is 124 Å². The average molecular weight is 1360 g/mol. The average Bonchev–Trinajstić information content (AvgIpc) is 0.766. The van der Waals surface area contributed by atoms with Crippen LogP contribution >= 0.6 is 22.7 Å². The Bertz CT molecular complexity index is 6500. The molecular weight excluding hydrogens is 1290 g/mol. The third kappa shape index (κ3) is 9.49. The molecule has 3 aliphatic rings. The molecule has 1 aliphatic carbocycles. The van der Waals surface area contributed by atoms with Crippen LogP contribution in [0.2, 0.25) is 0 Å². The number of rotatable bonds is 7. The molecule has 2 aliphatic heterocycles. The smallest absolute Gasteiger partial charge is 0.252 e. The fourth-order valence-electron chi connectivity index (χ4n) is 17.2. The number of anilines is 6. The Morgan fingerprint density at radius 3 is 1.46 bits per heavy atom. The van der Waals surface area contributed by atoms with Crippen LogP contribution in [-0.2, 0) is 17.3 Å². The molecule has 0 amide bonds. The molecule has 8 heteroatoms. The quantitative estimate of drug-likeness (QED) is 0.118. The van der Waals surface area contributed by atoms with Crippen LogP contribution in [0.1, 0.15) is 70.3 Å². The van der Waals surface area contributed by atoms with Gasteiger partial charge >= 0.3 is 0 Å². The minimum atomic E-state index is -0.243. The van der Waals surface area contributed by atoms with Gasteiger partial charge in [-0.15, -0.1) is 22.7 Å². The second kappa shape index (κ2) is 23.2. The highest BCUT2D eigenvalue weighted by atomic mass is 32.1. The van der Waals surface area contributed by atoms with Gasteiger partial charge in [-0.2, -0.15) is 5.26 Å². The molecule has 6 heterocycles. The molecule has 490 valence electrons. The maximum absolute atomic E-state index is 10.6. The van der Waals surface area contributed by atoms with E-state index in [1.165, 1.54) is 101 Å². The van der Waals surface area contributed by atoms with E-state index in [0.717, 1.165) is 95.5 Å². The van der Waals surface area contributed by atoms with Gasteiger partial charge in [0.15, 0.2) is 0 Å². The Morgan fingerprint density at radius 2 is 0.874 bits per heavy atom. The van der Waals surface area contributed by atoms with Crippen molar-refractivity contribution in [1.29, 1.82) is 5.26 Å². The van der Waals surface area contributed by atoms with Crippen molar-refractivity contribution in [2.24, 2.45) is 0 Å². The first kappa shape index (κ1) is 61.2. The van der Waals surface area contributed by atoms with Crippen molar-refractivity contribution in [1.82, 2.24) is 9.13 Å². The van der Waals surface area contributed by atoms with E-state index in [9.17, 15) is 5.26 Å². The lowest BCUT2D eigenvalue weighted by Crippen LogP contribution is -2.61. The lowest BCUT2D eigenvalue weighted by atomic mass is 9.33. The second-order valence-electron chi connectivity index (χ2n) is 30.2. The SMILES string of the molecule is CC(C)(C)c1ccc(N2c3cc(-n4c5c(c6ccccc64)/C=C(/C#N)C/C=C\C5)ccc3B3c4ccc(-n5c6ccccc6c6ccccc65)cc4N(c4ccc(C(C)(C)C)cc4-c4ccccc4)c4cc(-c5cccc6c5sc5ccc7sc8ccccc8c7c56)cc2c43)c(-c2ccccc2)c1. The number of para-hydroxylation sites is 3. The zero-order chi connectivity index (χ0) is 69.1. The zero-order valence-corrected chi connectivity index (χ0v) is 59.9. The first-order valence-electron chi connectivity index (χ1n) is 35.9. The molecular formula is C95H70BN5S2. The zero-order valence-electron chi connectivity index (χ0n) is 58.3. The number of fused-ring (bicyclic) bond motifs is 17. The van der Waals surface area contributed by atoms with Gasteiger partial charge in [0.05, 0.1) is 34.0 Å². The molecule has 5 nitrogen and oxygen atoms in total. The maximum Gasteiger partial charge on any atom is 0.252 e. The second-order valence-corrected chi connectivity index (χ2v) is 32.3. The molecule has 0 N–H and O–H groups in total. The maximum atomic E-state index is 10.6. The summed E-state index contributed by atoms with van der Waals surface area (Å²) in [6, 6.07) is 107. The topological polar surface area (TPSA) is 40.1 Å². The fraction of sp³-hybridized carbons (Fsp3) is 0.105. The summed E-state index contributed by atoms with van der Waals surface area (Å²) in [6.45, 7) is 13.7. The monoisotopic (exact) mass is 1360 g/mol. The van der Waals surface area contributed by atoms with E-state index in [0.29, 0.717) is 12.8 Å². The van der Waals surface area contributed by atoms with Crippen molar-refractivity contribution in [2.45, 2.75) is 65.2 Å². The van der Waals surface area contributed by atoms with E-state index in [2.05, 4.69) is 358 Å². The first-order valence-corrected chi connectivity index (χ1v) is 37.5. The molecule has 0 saturated heterocycles. The molecule has 0 fully saturated rings. The molecule has 20 rings (SSSR count). The summed E-state index contributed by atoms with van der Waals surface area (Å²) < 4.78 is 10.1. The Morgan fingerprint density at radius 1 is 0.379 bits per heavy atom. The molecule has 0 radical (unpaired) electrons. The van der Waals surface area contributed by atoms with Crippen molar-refractivity contribution in [3.63, 3.8) is 0 Å². The van der Waals surface area contributed by atoms with Crippen molar-refractivity contribution in [3.05, 3.63) is 313 Å². The predicted molar refractivity (Wildman–Crippen MR) is 442 cm³/mol. The molecule has 0 bridgehead atoms. The Labute approximate surface area is 608 Å². The molecule has 13 aromatic carbocycles. The minimum absolute atomic E-state index is 0.140. The Kier molecular flexibility index (Phi) is 13.8. The minimum Gasteiger partial charge on any atom is -0.313 e. The number of thiophene rings is 2.